The van der Waals surface area contributed by atoms with Crippen LogP contribution in [0.3, 0.4) is 0 Å². The summed E-state index contributed by atoms with van der Waals surface area (Å²) in [4.78, 5) is 29.7. The fourth-order valence-corrected chi connectivity index (χ4v) is 3.13. The molecular formula is C20H36IN7O. The van der Waals surface area contributed by atoms with Crippen molar-refractivity contribution >= 4 is 41.8 Å². The van der Waals surface area contributed by atoms with E-state index in [0.717, 1.165) is 44.5 Å². The van der Waals surface area contributed by atoms with Crippen LogP contribution in [-0.2, 0) is 4.79 Å². The molecule has 2 N–H and O–H groups in total. The van der Waals surface area contributed by atoms with Gasteiger partial charge in [-0.2, -0.15) is 0 Å². The number of piperazine rings is 1. The Morgan fingerprint density at radius 3 is 2.45 bits per heavy atom. The third-order valence-electron chi connectivity index (χ3n) is 4.72. The smallest absolute Gasteiger partial charge is 0.225 e. The topological polar surface area (TPSA) is 85.8 Å². The van der Waals surface area contributed by atoms with Crippen molar-refractivity contribution in [2.75, 3.05) is 50.7 Å². The molecule has 1 amide bonds. The first-order chi connectivity index (χ1) is 13.7. The summed E-state index contributed by atoms with van der Waals surface area (Å²) < 4.78 is 0. The van der Waals surface area contributed by atoms with Crippen LogP contribution in [0.2, 0.25) is 0 Å². The van der Waals surface area contributed by atoms with Crippen LogP contribution in [0.1, 0.15) is 46.0 Å². The van der Waals surface area contributed by atoms with E-state index < -0.39 is 0 Å². The molecule has 0 bridgehead atoms. The minimum Gasteiger partial charge on any atom is -0.357 e. The Bertz CT molecular complexity index is 592. The third-order valence-corrected chi connectivity index (χ3v) is 4.72. The molecule has 0 atom stereocenters. The van der Waals surface area contributed by atoms with Gasteiger partial charge in [-0.25, -0.2) is 9.97 Å². The monoisotopic (exact) mass is 517 g/mol. The second-order valence-corrected chi connectivity index (χ2v) is 6.91. The van der Waals surface area contributed by atoms with Gasteiger partial charge >= 0.3 is 0 Å². The second kappa shape index (κ2) is 15.2. The number of aromatic nitrogens is 2. The number of amides is 1. The molecular weight excluding hydrogens is 481 g/mol. The van der Waals surface area contributed by atoms with Crippen molar-refractivity contribution in [3.8, 4) is 0 Å². The molecule has 1 aromatic heterocycles. The minimum atomic E-state index is 0. The Morgan fingerprint density at radius 2 is 1.79 bits per heavy atom. The zero-order valence-electron chi connectivity index (χ0n) is 17.8. The highest BCUT2D eigenvalue weighted by Gasteiger charge is 2.22. The lowest BCUT2D eigenvalue weighted by atomic mass is 10.2. The zero-order valence-corrected chi connectivity index (χ0v) is 20.1. The standard InChI is InChI=1S/C20H35N7O.HI/c1-3-5-6-7-10-22-19(21-4-2)23-13-9-18(28)26-14-16-27(17-15-26)20-24-11-8-12-25-20;/h8,11-12H,3-7,9-10,13-17H2,1-2H3,(H2,21,22,23);1H. The van der Waals surface area contributed by atoms with Gasteiger partial charge in [-0.05, 0) is 19.4 Å². The van der Waals surface area contributed by atoms with Gasteiger partial charge in [0.05, 0.1) is 0 Å². The number of halogens is 1. The van der Waals surface area contributed by atoms with Crippen LogP contribution in [0, 0.1) is 0 Å². The number of rotatable bonds is 10. The number of nitrogens with zero attached hydrogens (tertiary/aromatic N) is 5. The van der Waals surface area contributed by atoms with Crippen molar-refractivity contribution in [2.45, 2.75) is 46.0 Å². The van der Waals surface area contributed by atoms with Gasteiger partial charge in [0, 0.05) is 64.6 Å². The van der Waals surface area contributed by atoms with Gasteiger partial charge in [0.15, 0.2) is 5.96 Å². The Labute approximate surface area is 192 Å². The van der Waals surface area contributed by atoms with Gasteiger partial charge in [0.25, 0.3) is 0 Å². The van der Waals surface area contributed by atoms with E-state index in [1.165, 1.54) is 19.3 Å². The van der Waals surface area contributed by atoms with Gasteiger partial charge in [0.1, 0.15) is 0 Å². The third kappa shape index (κ3) is 9.60. The molecule has 1 aromatic rings. The summed E-state index contributed by atoms with van der Waals surface area (Å²) in [5.74, 6) is 1.72. The maximum atomic E-state index is 12.5. The predicted octanol–water partition coefficient (Wildman–Crippen LogP) is 2.27. The predicted molar refractivity (Wildman–Crippen MR) is 129 cm³/mol. The average Bonchev–Trinajstić information content (AvgIpc) is 2.74. The van der Waals surface area contributed by atoms with Crippen LogP contribution in [0.4, 0.5) is 5.95 Å². The van der Waals surface area contributed by atoms with Crippen LogP contribution >= 0.6 is 24.0 Å². The molecule has 1 fully saturated rings. The van der Waals surface area contributed by atoms with Crippen LogP contribution in [0.25, 0.3) is 0 Å². The summed E-state index contributed by atoms with van der Waals surface area (Å²) in [6.07, 6.45) is 8.80. The number of guanidine groups is 1. The van der Waals surface area contributed by atoms with E-state index >= 15 is 0 Å². The number of anilines is 1. The van der Waals surface area contributed by atoms with E-state index in [0.29, 0.717) is 26.1 Å². The summed E-state index contributed by atoms with van der Waals surface area (Å²) in [6.45, 7) is 9.46. The molecule has 0 spiro atoms. The average molecular weight is 517 g/mol. The highest BCUT2D eigenvalue weighted by molar-refractivity contribution is 14.0. The maximum absolute atomic E-state index is 12.5. The van der Waals surface area contributed by atoms with Gasteiger partial charge in [-0.15, -0.1) is 24.0 Å². The van der Waals surface area contributed by atoms with Gasteiger partial charge in [-0.1, -0.05) is 26.2 Å². The molecule has 164 valence electrons. The number of hydrogen-bond donors (Lipinski definition) is 2. The Hall–Kier alpha value is -1.65. The number of hydrogen-bond acceptors (Lipinski definition) is 5. The Balaban J connectivity index is 0.00000420. The van der Waals surface area contributed by atoms with Crippen molar-refractivity contribution in [3.05, 3.63) is 18.5 Å². The summed E-state index contributed by atoms with van der Waals surface area (Å²) in [7, 11) is 0. The van der Waals surface area contributed by atoms with Crippen molar-refractivity contribution in [2.24, 2.45) is 4.99 Å². The van der Waals surface area contributed by atoms with E-state index in [4.69, 9.17) is 0 Å². The lowest BCUT2D eigenvalue weighted by Gasteiger charge is -2.34. The van der Waals surface area contributed by atoms with Crippen molar-refractivity contribution in [1.29, 1.82) is 0 Å². The largest absolute Gasteiger partial charge is 0.357 e. The minimum absolute atomic E-state index is 0. The number of unbranched alkanes of at least 4 members (excludes halogenated alkanes) is 3. The Kier molecular flexibility index (Phi) is 13.3. The first kappa shape index (κ1) is 25.4. The zero-order chi connectivity index (χ0) is 20.0. The lowest BCUT2D eigenvalue weighted by Crippen LogP contribution is -2.50. The normalized spacial score (nSPS) is 14.3. The van der Waals surface area contributed by atoms with Crippen molar-refractivity contribution in [1.82, 2.24) is 25.5 Å². The lowest BCUT2D eigenvalue weighted by molar-refractivity contribution is -0.131. The van der Waals surface area contributed by atoms with E-state index in [-0.39, 0.29) is 29.9 Å². The molecule has 0 saturated carbocycles. The van der Waals surface area contributed by atoms with E-state index in [1.54, 1.807) is 12.4 Å². The second-order valence-electron chi connectivity index (χ2n) is 6.91. The molecule has 1 saturated heterocycles. The number of aliphatic imine (C=N–C) groups is 1. The molecule has 9 heteroatoms. The van der Waals surface area contributed by atoms with E-state index in [9.17, 15) is 4.79 Å². The molecule has 29 heavy (non-hydrogen) atoms. The first-order valence-electron chi connectivity index (χ1n) is 10.6. The fourth-order valence-electron chi connectivity index (χ4n) is 3.13. The summed E-state index contributed by atoms with van der Waals surface area (Å²) in [5, 5.41) is 6.52. The van der Waals surface area contributed by atoms with Crippen LogP contribution in [0.15, 0.2) is 23.5 Å². The van der Waals surface area contributed by atoms with E-state index in [2.05, 4.69) is 44.3 Å². The first-order valence-corrected chi connectivity index (χ1v) is 10.6. The van der Waals surface area contributed by atoms with E-state index in [1.807, 2.05) is 11.0 Å². The summed E-state index contributed by atoms with van der Waals surface area (Å²) in [6, 6.07) is 1.81. The Morgan fingerprint density at radius 1 is 1.07 bits per heavy atom. The van der Waals surface area contributed by atoms with Crippen molar-refractivity contribution < 1.29 is 4.79 Å². The SMILES string of the molecule is CCCCCCN=C(NCC)NCCC(=O)N1CCN(c2ncccn2)CC1.I. The highest BCUT2D eigenvalue weighted by Crippen LogP contribution is 2.10. The van der Waals surface area contributed by atoms with Crippen molar-refractivity contribution in [3.63, 3.8) is 0 Å². The molecule has 0 aromatic carbocycles. The molecule has 2 heterocycles. The molecule has 1 aliphatic heterocycles. The quantitative estimate of drug-likeness (QED) is 0.215. The number of nitrogens with one attached hydrogen (secondary N) is 2. The number of carbonyl (C=O) groups is 1. The van der Waals surface area contributed by atoms with Crippen LogP contribution < -0.4 is 15.5 Å². The fraction of sp³-hybridized carbons (Fsp3) is 0.700. The van der Waals surface area contributed by atoms with Gasteiger partial charge < -0.3 is 20.4 Å². The maximum Gasteiger partial charge on any atom is 0.225 e. The molecule has 0 radical (unpaired) electrons. The molecule has 0 unspecified atom stereocenters. The molecule has 0 aliphatic carbocycles. The van der Waals surface area contributed by atoms with Gasteiger partial charge in [0.2, 0.25) is 11.9 Å². The van der Waals surface area contributed by atoms with Crippen LogP contribution in [0.5, 0.6) is 0 Å². The molecule has 8 nitrogen and oxygen atoms in total. The molecule has 2 rings (SSSR count). The number of carbonyl (C=O) groups excluding carboxylic acids is 1. The van der Waals surface area contributed by atoms with Crippen LogP contribution in [-0.4, -0.2) is 72.5 Å². The highest BCUT2D eigenvalue weighted by atomic mass is 127. The van der Waals surface area contributed by atoms with Gasteiger partial charge in [-0.3, -0.25) is 9.79 Å². The molecule has 1 aliphatic rings. The summed E-state index contributed by atoms with van der Waals surface area (Å²) in [5.41, 5.74) is 0. The summed E-state index contributed by atoms with van der Waals surface area (Å²) >= 11 is 0.